The van der Waals surface area contributed by atoms with Crippen LogP contribution in [-0.4, -0.2) is 47.8 Å². The van der Waals surface area contributed by atoms with Crippen LogP contribution in [0.3, 0.4) is 0 Å². The van der Waals surface area contributed by atoms with Crippen LogP contribution in [0.4, 0.5) is 0 Å². The van der Waals surface area contributed by atoms with E-state index < -0.39 is 12.0 Å². The van der Waals surface area contributed by atoms with Gasteiger partial charge in [-0.25, -0.2) is 0 Å². The topological polar surface area (TPSA) is 85.0 Å². The molecule has 0 aliphatic heterocycles. The Kier molecular flexibility index (Phi) is 8.87. The zero-order valence-electron chi connectivity index (χ0n) is 19.2. The predicted molar refractivity (Wildman–Crippen MR) is 129 cm³/mol. The molecular formula is C27H32N2O4. The Bertz CT molecular complexity index is 1010. The molecule has 0 aromatic heterocycles. The molecule has 0 saturated carbocycles. The molecule has 2 unspecified atom stereocenters. The number of amides is 1. The predicted octanol–water partition coefficient (Wildman–Crippen LogP) is 3.80. The monoisotopic (exact) mass is 448 g/mol. The van der Waals surface area contributed by atoms with Gasteiger partial charge in [0, 0.05) is 24.7 Å². The number of aryl methyl sites for hydroxylation is 1. The number of hydrogen-bond acceptors (Lipinski definition) is 5. The fraction of sp³-hybridized carbons (Fsp3) is 0.296. The van der Waals surface area contributed by atoms with E-state index in [9.17, 15) is 9.90 Å². The molecule has 6 nitrogen and oxygen atoms in total. The number of ether oxygens (including phenoxy) is 2. The minimum atomic E-state index is -0.705. The number of nitrogens with two attached hydrogens (primary N) is 1. The van der Waals surface area contributed by atoms with Gasteiger partial charge >= 0.3 is 0 Å². The Labute approximate surface area is 195 Å². The molecule has 1 amide bonds. The van der Waals surface area contributed by atoms with E-state index in [2.05, 4.69) is 24.0 Å². The highest BCUT2D eigenvalue weighted by atomic mass is 16.5. The SMILES string of the molecule is Cc1cc(C(N)=O)ccc1OCC(O)CN(Cc1ccccc1)C(C)COc1ccccc1. The molecule has 0 spiro atoms. The number of nitrogens with zero attached hydrogens (tertiary/aromatic N) is 1. The molecule has 3 aromatic rings. The summed E-state index contributed by atoms with van der Waals surface area (Å²) in [6, 6.07) is 25.0. The molecule has 0 radical (unpaired) electrons. The van der Waals surface area contributed by atoms with E-state index in [0.29, 0.717) is 31.0 Å². The summed E-state index contributed by atoms with van der Waals surface area (Å²) in [5.41, 5.74) is 7.72. The summed E-state index contributed by atoms with van der Waals surface area (Å²) in [6.07, 6.45) is -0.705. The Morgan fingerprint density at radius 1 is 0.970 bits per heavy atom. The highest BCUT2D eigenvalue weighted by Gasteiger charge is 2.20. The lowest BCUT2D eigenvalue weighted by atomic mass is 10.1. The number of carbonyl (C=O) groups is 1. The molecule has 0 saturated heterocycles. The number of rotatable bonds is 12. The van der Waals surface area contributed by atoms with Crippen LogP contribution in [0.1, 0.15) is 28.4 Å². The van der Waals surface area contributed by atoms with Crippen LogP contribution in [0.5, 0.6) is 11.5 Å². The highest BCUT2D eigenvalue weighted by molar-refractivity contribution is 5.93. The molecule has 0 aliphatic carbocycles. The van der Waals surface area contributed by atoms with Crippen molar-refractivity contribution in [3.63, 3.8) is 0 Å². The normalized spacial score (nSPS) is 12.8. The van der Waals surface area contributed by atoms with Crippen molar-refractivity contribution in [1.82, 2.24) is 4.90 Å². The second-order valence-electron chi connectivity index (χ2n) is 8.20. The van der Waals surface area contributed by atoms with Crippen molar-refractivity contribution >= 4 is 5.91 Å². The third-order valence-corrected chi connectivity index (χ3v) is 5.42. The minimum Gasteiger partial charge on any atom is -0.492 e. The summed E-state index contributed by atoms with van der Waals surface area (Å²) in [6.45, 7) is 5.67. The molecule has 174 valence electrons. The van der Waals surface area contributed by atoms with Crippen molar-refractivity contribution in [3.05, 3.63) is 95.6 Å². The first kappa shape index (κ1) is 24.3. The van der Waals surface area contributed by atoms with Gasteiger partial charge < -0.3 is 20.3 Å². The van der Waals surface area contributed by atoms with Crippen LogP contribution >= 0.6 is 0 Å². The number of aliphatic hydroxyl groups excluding tert-OH is 1. The van der Waals surface area contributed by atoms with Gasteiger partial charge in [-0.1, -0.05) is 48.5 Å². The van der Waals surface area contributed by atoms with Gasteiger partial charge in [0.25, 0.3) is 0 Å². The molecule has 3 N–H and O–H groups in total. The van der Waals surface area contributed by atoms with Gasteiger partial charge in [-0.15, -0.1) is 0 Å². The molecule has 0 aliphatic rings. The number of carbonyl (C=O) groups excluding carboxylic acids is 1. The Balaban J connectivity index is 1.61. The van der Waals surface area contributed by atoms with Crippen LogP contribution in [-0.2, 0) is 6.54 Å². The van der Waals surface area contributed by atoms with Gasteiger partial charge in [0.05, 0.1) is 0 Å². The van der Waals surface area contributed by atoms with Crippen LogP contribution < -0.4 is 15.2 Å². The standard InChI is InChI=1S/C27H32N2O4/c1-20-15-23(27(28)31)13-14-26(20)33-19-24(30)17-29(16-22-9-5-3-6-10-22)21(2)18-32-25-11-7-4-8-12-25/h3-15,21,24,30H,16-19H2,1-2H3,(H2,28,31). The summed E-state index contributed by atoms with van der Waals surface area (Å²) >= 11 is 0. The van der Waals surface area contributed by atoms with Crippen molar-refractivity contribution in [3.8, 4) is 11.5 Å². The van der Waals surface area contributed by atoms with E-state index in [1.54, 1.807) is 18.2 Å². The Morgan fingerprint density at radius 2 is 1.64 bits per heavy atom. The third kappa shape index (κ3) is 7.63. The number of primary amides is 1. The number of aliphatic hydroxyl groups is 1. The molecule has 0 heterocycles. The summed E-state index contributed by atoms with van der Waals surface area (Å²) in [5, 5.41) is 10.7. The molecule has 3 rings (SSSR count). The second kappa shape index (κ2) is 12.0. The van der Waals surface area contributed by atoms with E-state index in [1.165, 1.54) is 0 Å². The molecule has 0 bridgehead atoms. The summed E-state index contributed by atoms with van der Waals surface area (Å²) in [5.74, 6) is 0.963. The molecule has 0 fully saturated rings. The number of para-hydroxylation sites is 1. The van der Waals surface area contributed by atoms with E-state index in [-0.39, 0.29) is 12.6 Å². The lowest BCUT2D eigenvalue weighted by Gasteiger charge is -2.31. The van der Waals surface area contributed by atoms with Crippen molar-refractivity contribution in [2.24, 2.45) is 5.73 Å². The quantitative estimate of drug-likeness (QED) is 0.440. The smallest absolute Gasteiger partial charge is 0.248 e. The second-order valence-corrected chi connectivity index (χ2v) is 8.20. The molecule has 3 aromatic carbocycles. The fourth-order valence-electron chi connectivity index (χ4n) is 3.53. The molecular weight excluding hydrogens is 416 g/mol. The van der Waals surface area contributed by atoms with Gasteiger partial charge in [0.2, 0.25) is 5.91 Å². The first-order valence-electron chi connectivity index (χ1n) is 11.1. The first-order valence-corrected chi connectivity index (χ1v) is 11.1. The maximum Gasteiger partial charge on any atom is 0.248 e. The maximum atomic E-state index is 11.3. The lowest BCUT2D eigenvalue weighted by Crippen LogP contribution is -2.43. The average Bonchev–Trinajstić information content (AvgIpc) is 2.82. The number of hydrogen-bond donors (Lipinski definition) is 2. The molecule has 6 heteroatoms. The average molecular weight is 449 g/mol. The summed E-state index contributed by atoms with van der Waals surface area (Å²) < 4.78 is 11.8. The number of benzene rings is 3. The van der Waals surface area contributed by atoms with Gasteiger partial charge in [-0.3, -0.25) is 9.69 Å². The fourth-order valence-corrected chi connectivity index (χ4v) is 3.53. The zero-order chi connectivity index (χ0) is 23.6. The molecule has 2 atom stereocenters. The van der Waals surface area contributed by atoms with Crippen molar-refractivity contribution in [2.75, 3.05) is 19.8 Å². The van der Waals surface area contributed by atoms with E-state index in [1.807, 2.05) is 55.5 Å². The lowest BCUT2D eigenvalue weighted by molar-refractivity contribution is 0.0409. The van der Waals surface area contributed by atoms with E-state index in [0.717, 1.165) is 16.9 Å². The van der Waals surface area contributed by atoms with E-state index in [4.69, 9.17) is 15.2 Å². The largest absolute Gasteiger partial charge is 0.492 e. The van der Waals surface area contributed by atoms with Crippen LogP contribution in [0.25, 0.3) is 0 Å². The Hall–Kier alpha value is -3.35. The van der Waals surface area contributed by atoms with Gasteiger partial charge in [-0.05, 0) is 55.3 Å². The van der Waals surface area contributed by atoms with Crippen LogP contribution in [0.15, 0.2) is 78.9 Å². The van der Waals surface area contributed by atoms with Crippen LogP contribution in [0, 0.1) is 6.92 Å². The first-order chi connectivity index (χ1) is 15.9. The Morgan fingerprint density at radius 3 is 2.27 bits per heavy atom. The molecule has 33 heavy (non-hydrogen) atoms. The zero-order valence-corrected chi connectivity index (χ0v) is 19.2. The van der Waals surface area contributed by atoms with Gasteiger partial charge in [-0.2, -0.15) is 0 Å². The van der Waals surface area contributed by atoms with Crippen molar-refractivity contribution in [2.45, 2.75) is 32.5 Å². The summed E-state index contributed by atoms with van der Waals surface area (Å²) in [4.78, 5) is 13.5. The highest BCUT2D eigenvalue weighted by Crippen LogP contribution is 2.20. The van der Waals surface area contributed by atoms with Gasteiger partial charge in [0.1, 0.15) is 30.8 Å². The maximum absolute atomic E-state index is 11.3. The van der Waals surface area contributed by atoms with E-state index >= 15 is 0 Å². The van der Waals surface area contributed by atoms with Gasteiger partial charge in [0.15, 0.2) is 0 Å². The van der Waals surface area contributed by atoms with Crippen molar-refractivity contribution in [1.29, 1.82) is 0 Å². The minimum absolute atomic E-state index is 0.0663. The third-order valence-electron chi connectivity index (χ3n) is 5.42. The summed E-state index contributed by atoms with van der Waals surface area (Å²) in [7, 11) is 0. The van der Waals surface area contributed by atoms with Crippen molar-refractivity contribution < 1.29 is 19.4 Å². The van der Waals surface area contributed by atoms with Crippen LogP contribution in [0.2, 0.25) is 0 Å².